The molecule has 2 aromatic carbocycles. The zero-order valence-corrected chi connectivity index (χ0v) is 14.0. The maximum atomic E-state index is 5.49. The van der Waals surface area contributed by atoms with Crippen molar-refractivity contribution in [3.05, 3.63) is 70.9 Å². The van der Waals surface area contributed by atoms with Crippen LogP contribution < -0.4 is 5.32 Å². The van der Waals surface area contributed by atoms with E-state index in [4.69, 9.17) is 4.42 Å². The summed E-state index contributed by atoms with van der Waals surface area (Å²) in [5, 5.41) is 11.5. The molecule has 0 fully saturated rings. The lowest BCUT2D eigenvalue weighted by atomic mass is 9.92. The third-order valence-corrected chi connectivity index (χ3v) is 4.56. The van der Waals surface area contributed by atoms with Crippen LogP contribution in [0.5, 0.6) is 0 Å². The molecule has 1 aromatic heterocycles. The predicted molar refractivity (Wildman–Crippen MR) is 93.7 cm³/mol. The zero-order valence-electron chi connectivity index (χ0n) is 14.0. The van der Waals surface area contributed by atoms with Gasteiger partial charge in [0.25, 0.3) is 0 Å². The molecule has 0 spiro atoms. The summed E-state index contributed by atoms with van der Waals surface area (Å²) in [4.78, 5) is 0. The van der Waals surface area contributed by atoms with Crippen molar-refractivity contribution in [2.75, 3.05) is 0 Å². The molecule has 24 heavy (non-hydrogen) atoms. The summed E-state index contributed by atoms with van der Waals surface area (Å²) in [6.07, 6.45) is 1.77. The first-order chi connectivity index (χ1) is 11.7. The first kappa shape index (κ1) is 15.1. The Kier molecular flexibility index (Phi) is 3.90. The summed E-state index contributed by atoms with van der Waals surface area (Å²) < 4.78 is 5.49. The van der Waals surface area contributed by atoms with Gasteiger partial charge in [0.2, 0.25) is 11.8 Å². The highest BCUT2D eigenvalue weighted by molar-refractivity contribution is 5.66. The first-order valence-electron chi connectivity index (χ1n) is 8.41. The van der Waals surface area contributed by atoms with E-state index in [2.05, 4.69) is 64.9 Å². The molecule has 1 aliphatic rings. The topological polar surface area (TPSA) is 51.0 Å². The molecular weight excluding hydrogens is 298 g/mol. The van der Waals surface area contributed by atoms with Crippen molar-refractivity contribution in [1.82, 2.24) is 15.5 Å². The molecule has 1 N–H and O–H groups in total. The van der Waals surface area contributed by atoms with Crippen LogP contribution in [0.25, 0.3) is 11.1 Å². The van der Waals surface area contributed by atoms with E-state index in [-0.39, 0.29) is 0 Å². The summed E-state index contributed by atoms with van der Waals surface area (Å²) in [7, 11) is 0. The van der Waals surface area contributed by atoms with E-state index in [0.29, 0.717) is 24.2 Å². The Morgan fingerprint density at radius 1 is 1.08 bits per heavy atom. The molecule has 4 nitrogen and oxygen atoms in total. The molecule has 0 aliphatic carbocycles. The van der Waals surface area contributed by atoms with Gasteiger partial charge >= 0.3 is 0 Å². The van der Waals surface area contributed by atoms with E-state index in [1.54, 1.807) is 0 Å². The first-order valence-corrected chi connectivity index (χ1v) is 8.41. The number of nitrogens with zero attached hydrogens (tertiary/aromatic N) is 2. The van der Waals surface area contributed by atoms with Crippen LogP contribution in [-0.4, -0.2) is 16.2 Å². The standard InChI is InChI=1S/C20H21N3O/c1-13-8-17-6-7-18(11-19(17)12-21-13)16-5-3-4-15(9-16)10-20-23-22-14(2)24-20/h3-7,9,11,13,21H,8,10,12H2,1-2H3. The van der Waals surface area contributed by atoms with Gasteiger partial charge in [-0.3, -0.25) is 0 Å². The van der Waals surface area contributed by atoms with Gasteiger partial charge < -0.3 is 9.73 Å². The van der Waals surface area contributed by atoms with Crippen LogP contribution in [0.2, 0.25) is 0 Å². The molecule has 0 amide bonds. The Balaban J connectivity index is 1.61. The third-order valence-electron chi connectivity index (χ3n) is 4.56. The number of fused-ring (bicyclic) bond motifs is 1. The van der Waals surface area contributed by atoms with Gasteiger partial charge in [0.1, 0.15) is 0 Å². The van der Waals surface area contributed by atoms with E-state index in [9.17, 15) is 0 Å². The van der Waals surface area contributed by atoms with Gasteiger partial charge in [-0.15, -0.1) is 10.2 Å². The molecule has 4 rings (SSSR count). The summed E-state index contributed by atoms with van der Waals surface area (Å²) in [5.41, 5.74) is 6.53. The number of aromatic nitrogens is 2. The number of benzene rings is 2. The van der Waals surface area contributed by atoms with E-state index in [1.165, 1.54) is 27.8 Å². The maximum absolute atomic E-state index is 5.49. The van der Waals surface area contributed by atoms with Crippen molar-refractivity contribution < 1.29 is 4.42 Å². The summed E-state index contributed by atoms with van der Waals surface area (Å²) in [5.74, 6) is 1.27. The normalized spacial score (nSPS) is 16.8. The molecule has 1 unspecified atom stereocenters. The number of hydrogen-bond donors (Lipinski definition) is 1. The molecule has 0 radical (unpaired) electrons. The number of hydrogen-bond acceptors (Lipinski definition) is 4. The molecule has 3 aromatic rings. The smallest absolute Gasteiger partial charge is 0.220 e. The second-order valence-corrected chi connectivity index (χ2v) is 6.56. The second kappa shape index (κ2) is 6.21. The van der Waals surface area contributed by atoms with Crippen LogP contribution in [0.1, 0.15) is 35.4 Å². The minimum Gasteiger partial charge on any atom is -0.425 e. The Hall–Kier alpha value is -2.46. The highest BCUT2D eigenvalue weighted by Gasteiger charge is 2.15. The van der Waals surface area contributed by atoms with Gasteiger partial charge in [-0.05, 0) is 47.2 Å². The van der Waals surface area contributed by atoms with Crippen LogP contribution in [-0.2, 0) is 19.4 Å². The average molecular weight is 319 g/mol. The van der Waals surface area contributed by atoms with Crippen LogP contribution in [0.3, 0.4) is 0 Å². The largest absolute Gasteiger partial charge is 0.425 e. The van der Waals surface area contributed by atoms with Gasteiger partial charge in [-0.2, -0.15) is 0 Å². The Morgan fingerprint density at radius 3 is 2.79 bits per heavy atom. The predicted octanol–water partition coefficient (Wildman–Crippen LogP) is 3.67. The molecule has 0 bridgehead atoms. The maximum Gasteiger partial charge on any atom is 0.220 e. The molecule has 1 aliphatic heterocycles. The summed E-state index contributed by atoms with van der Waals surface area (Å²) >= 11 is 0. The van der Waals surface area contributed by atoms with Crippen molar-refractivity contribution in [2.45, 2.75) is 39.3 Å². The van der Waals surface area contributed by atoms with Gasteiger partial charge in [0.05, 0.1) is 6.42 Å². The molecule has 4 heteroatoms. The van der Waals surface area contributed by atoms with E-state index >= 15 is 0 Å². The van der Waals surface area contributed by atoms with Crippen molar-refractivity contribution >= 4 is 0 Å². The third kappa shape index (κ3) is 3.10. The van der Waals surface area contributed by atoms with Crippen molar-refractivity contribution in [3.8, 4) is 11.1 Å². The average Bonchev–Trinajstić information content (AvgIpc) is 2.99. The Morgan fingerprint density at radius 2 is 1.96 bits per heavy atom. The Bertz CT molecular complexity index is 869. The van der Waals surface area contributed by atoms with Crippen LogP contribution in [0.4, 0.5) is 0 Å². The van der Waals surface area contributed by atoms with Crippen LogP contribution >= 0.6 is 0 Å². The van der Waals surface area contributed by atoms with Gasteiger partial charge in [-0.1, -0.05) is 36.4 Å². The number of rotatable bonds is 3. The van der Waals surface area contributed by atoms with Crippen molar-refractivity contribution in [2.24, 2.45) is 0 Å². The van der Waals surface area contributed by atoms with Crippen molar-refractivity contribution in [1.29, 1.82) is 0 Å². The fourth-order valence-electron chi connectivity index (χ4n) is 3.30. The highest BCUT2D eigenvalue weighted by atomic mass is 16.4. The molecule has 0 saturated carbocycles. The fraction of sp³-hybridized carbons (Fsp3) is 0.300. The molecule has 1 atom stereocenters. The highest BCUT2D eigenvalue weighted by Crippen LogP contribution is 2.26. The fourth-order valence-corrected chi connectivity index (χ4v) is 3.30. The van der Waals surface area contributed by atoms with Crippen molar-refractivity contribution in [3.63, 3.8) is 0 Å². The lowest BCUT2D eigenvalue weighted by Crippen LogP contribution is -2.32. The van der Waals surface area contributed by atoms with Crippen LogP contribution in [0.15, 0.2) is 46.9 Å². The minimum absolute atomic E-state index is 0.560. The summed E-state index contributed by atoms with van der Waals surface area (Å²) in [6.45, 7) is 5.00. The monoisotopic (exact) mass is 319 g/mol. The van der Waals surface area contributed by atoms with Gasteiger partial charge in [0, 0.05) is 19.5 Å². The SMILES string of the molecule is Cc1nnc(Cc2cccc(-c3ccc4c(c3)CNC(C)C4)c2)o1. The number of aryl methyl sites for hydroxylation is 1. The quantitative estimate of drug-likeness (QED) is 0.800. The molecular formula is C20H21N3O. The minimum atomic E-state index is 0.560. The molecule has 122 valence electrons. The zero-order chi connectivity index (χ0) is 16.5. The Labute approximate surface area is 141 Å². The lowest BCUT2D eigenvalue weighted by molar-refractivity contribution is 0.477. The molecule has 0 saturated heterocycles. The van der Waals surface area contributed by atoms with E-state index in [1.807, 2.05) is 6.92 Å². The lowest BCUT2D eigenvalue weighted by Gasteiger charge is -2.23. The summed E-state index contributed by atoms with van der Waals surface area (Å²) in [6, 6.07) is 15.9. The van der Waals surface area contributed by atoms with Crippen LogP contribution in [0, 0.1) is 6.92 Å². The van der Waals surface area contributed by atoms with E-state index in [0.717, 1.165) is 13.0 Å². The second-order valence-electron chi connectivity index (χ2n) is 6.56. The molecule has 2 heterocycles. The van der Waals surface area contributed by atoms with E-state index < -0.39 is 0 Å². The van der Waals surface area contributed by atoms with Gasteiger partial charge in [-0.25, -0.2) is 0 Å². The van der Waals surface area contributed by atoms with Gasteiger partial charge in [0.15, 0.2) is 0 Å². The number of nitrogens with one attached hydrogen (secondary N) is 1.